The summed E-state index contributed by atoms with van der Waals surface area (Å²) in [5.74, 6) is 0. The third kappa shape index (κ3) is 6.50. The summed E-state index contributed by atoms with van der Waals surface area (Å²) in [5, 5.41) is 10.7. The molecule has 1 aromatic heterocycles. The first-order chi connectivity index (χ1) is 12.0. The summed E-state index contributed by atoms with van der Waals surface area (Å²) in [6.07, 6.45) is 2.24. The van der Waals surface area contributed by atoms with Crippen LogP contribution in [-0.2, 0) is 18.8 Å². The van der Waals surface area contributed by atoms with Crippen molar-refractivity contribution in [3.05, 3.63) is 35.8 Å². The second-order valence-electron chi connectivity index (χ2n) is 4.86. The van der Waals surface area contributed by atoms with Gasteiger partial charge in [-0.3, -0.25) is 4.18 Å². The molecular formula is C15H20N4O4S2. The molecule has 25 heavy (non-hydrogen) atoms. The number of rotatable bonds is 10. The van der Waals surface area contributed by atoms with Gasteiger partial charge in [0.25, 0.3) is 0 Å². The maximum absolute atomic E-state index is 11.1. The predicted molar refractivity (Wildman–Crippen MR) is 97.1 cm³/mol. The van der Waals surface area contributed by atoms with Crippen LogP contribution in [0.3, 0.4) is 0 Å². The smallest absolute Gasteiger partial charge is 0.372 e. The molecule has 0 unspecified atom stereocenters. The van der Waals surface area contributed by atoms with Crippen LogP contribution in [0.15, 0.2) is 46.1 Å². The SMILES string of the molecule is CCN(CCCOS(=O)(=O)OC)c1ccc(N=Nc2nccs2)cc1. The molecule has 0 aliphatic rings. The molecule has 0 aliphatic carbocycles. The highest BCUT2D eigenvalue weighted by molar-refractivity contribution is 7.81. The van der Waals surface area contributed by atoms with Crippen molar-refractivity contribution in [3.63, 3.8) is 0 Å². The highest BCUT2D eigenvalue weighted by Gasteiger charge is 2.09. The summed E-state index contributed by atoms with van der Waals surface area (Å²) in [6.45, 7) is 3.56. The zero-order valence-electron chi connectivity index (χ0n) is 14.0. The van der Waals surface area contributed by atoms with Crippen LogP contribution in [0.4, 0.5) is 16.5 Å². The molecule has 0 saturated carbocycles. The van der Waals surface area contributed by atoms with E-state index >= 15 is 0 Å². The van der Waals surface area contributed by atoms with Crippen LogP contribution in [0.5, 0.6) is 0 Å². The Morgan fingerprint density at radius 3 is 2.60 bits per heavy atom. The molecule has 0 amide bonds. The summed E-state index contributed by atoms with van der Waals surface area (Å²) in [6, 6.07) is 7.65. The lowest BCUT2D eigenvalue weighted by Crippen LogP contribution is -2.25. The van der Waals surface area contributed by atoms with Gasteiger partial charge in [-0.1, -0.05) is 0 Å². The third-order valence-electron chi connectivity index (χ3n) is 3.27. The molecule has 0 saturated heterocycles. The average Bonchev–Trinajstić information content (AvgIpc) is 3.14. The lowest BCUT2D eigenvalue weighted by molar-refractivity contribution is 0.241. The Kier molecular flexibility index (Phi) is 7.44. The van der Waals surface area contributed by atoms with Crippen molar-refractivity contribution in [3.8, 4) is 0 Å². The second-order valence-corrected chi connectivity index (χ2v) is 7.12. The molecule has 136 valence electrons. The number of nitrogens with zero attached hydrogens (tertiary/aromatic N) is 4. The third-order valence-corrected chi connectivity index (χ3v) is 4.79. The molecule has 1 aromatic carbocycles. The van der Waals surface area contributed by atoms with Crippen molar-refractivity contribution < 1.29 is 16.8 Å². The van der Waals surface area contributed by atoms with Gasteiger partial charge in [-0.15, -0.1) is 21.6 Å². The molecule has 8 nitrogen and oxygen atoms in total. The molecule has 0 fully saturated rings. The number of benzene rings is 1. The average molecular weight is 384 g/mol. The van der Waals surface area contributed by atoms with Gasteiger partial charge in [-0.25, -0.2) is 9.17 Å². The van der Waals surface area contributed by atoms with E-state index in [-0.39, 0.29) is 6.61 Å². The van der Waals surface area contributed by atoms with E-state index in [0.29, 0.717) is 18.1 Å². The number of thiazole rings is 1. The van der Waals surface area contributed by atoms with Crippen molar-refractivity contribution >= 4 is 38.2 Å². The molecule has 2 aromatic rings. The Hall–Kier alpha value is -1.88. The fraction of sp³-hybridized carbons (Fsp3) is 0.400. The van der Waals surface area contributed by atoms with E-state index in [1.54, 1.807) is 6.20 Å². The van der Waals surface area contributed by atoms with Crippen LogP contribution in [0.25, 0.3) is 0 Å². The highest BCUT2D eigenvalue weighted by Crippen LogP contribution is 2.23. The maximum Gasteiger partial charge on any atom is 0.399 e. The maximum atomic E-state index is 11.1. The fourth-order valence-electron chi connectivity index (χ4n) is 2.03. The number of anilines is 1. The number of aromatic nitrogens is 1. The second kappa shape index (κ2) is 9.56. The van der Waals surface area contributed by atoms with Gasteiger partial charge in [0.1, 0.15) is 0 Å². The first-order valence-electron chi connectivity index (χ1n) is 7.65. The number of hydrogen-bond donors (Lipinski definition) is 0. The zero-order valence-corrected chi connectivity index (χ0v) is 15.7. The molecule has 0 bridgehead atoms. The Balaban J connectivity index is 1.87. The molecule has 0 radical (unpaired) electrons. The lowest BCUT2D eigenvalue weighted by atomic mass is 10.2. The zero-order chi connectivity index (χ0) is 18.1. The lowest BCUT2D eigenvalue weighted by Gasteiger charge is -2.23. The van der Waals surface area contributed by atoms with E-state index in [1.807, 2.05) is 36.6 Å². The molecular weight excluding hydrogens is 364 g/mol. The first kappa shape index (κ1) is 19.4. The van der Waals surface area contributed by atoms with Gasteiger partial charge in [-0.2, -0.15) is 8.42 Å². The van der Waals surface area contributed by atoms with Gasteiger partial charge in [0.15, 0.2) is 0 Å². The Morgan fingerprint density at radius 1 is 1.24 bits per heavy atom. The first-order valence-corrected chi connectivity index (χ1v) is 9.86. The predicted octanol–water partition coefficient (Wildman–Crippen LogP) is 3.68. The standard InChI is InChI=1S/C15H20N4O4S2/c1-3-19(10-4-11-23-25(20,21)22-2)14-7-5-13(6-8-14)17-18-15-16-9-12-24-15/h5-9,12H,3-4,10-11H2,1-2H3. The molecule has 1 heterocycles. The number of hydrogen-bond acceptors (Lipinski definition) is 9. The van der Waals surface area contributed by atoms with E-state index in [9.17, 15) is 8.42 Å². The van der Waals surface area contributed by atoms with E-state index < -0.39 is 10.4 Å². The van der Waals surface area contributed by atoms with Crippen molar-refractivity contribution in [1.82, 2.24) is 4.98 Å². The van der Waals surface area contributed by atoms with Crippen LogP contribution in [0.2, 0.25) is 0 Å². The quantitative estimate of drug-likeness (QED) is 0.458. The Labute approximate surface area is 151 Å². The molecule has 0 aliphatic heterocycles. The normalized spacial score (nSPS) is 11.9. The topological polar surface area (TPSA) is 93.5 Å². The van der Waals surface area contributed by atoms with Crippen LogP contribution < -0.4 is 4.90 Å². The van der Waals surface area contributed by atoms with Crippen molar-refractivity contribution in [2.75, 3.05) is 31.7 Å². The minimum Gasteiger partial charge on any atom is -0.372 e. The van der Waals surface area contributed by atoms with Crippen LogP contribution in [0, 0.1) is 0 Å². The summed E-state index contributed by atoms with van der Waals surface area (Å²) in [7, 11) is -2.79. The largest absolute Gasteiger partial charge is 0.399 e. The van der Waals surface area contributed by atoms with Gasteiger partial charge in [0.05, 0.1) is 19.4 Å². The summed E-state index contributed by atoms with van der Waals surface area (Å²) >= 11 is 1.42. The van der Waals surface area contributed by atoms with Gasteiger partial charge in [0, 0.05) is 30.4 Å². The van der Waals surface area contributed by atoms with Gasteiger partial charge >= 0.3 is 10.4 Å². The van der Waals surface area contributed by atoms with E-state index in [2.05, 4.69) is 28.5 Å². The molecule has 10 heteroatoms. The van der Waals surface area contributed by atoms with E-state index in [4.69, 9.17) is 0 Å². The summed E-state index contributed by atoms with van der Waals surface area (Å²) in [5.41, 5.74) is 1.76. The number of azo groups is 1. The minimum absolute atomic E-state index is 0.0762. The minimum atomic E-state index is -3.87. The van der Waals surface area contributed by atoms with Crippen LogP contribution in [-0.4, -0.2) is 40.2 Å². The molecule has 2 rings (SSSR count). The highest BCUT2D eigenvalue weighted by atomic mass is 32.3. The van der Waals surface area contributed by atoms with Crippen molar-refractivity contribution in [2.24, 2.45) is 10.2 Å². The van der Waals surface area contributed by atoms with Gasteiger partial charge in [0.2, 0.25) is 5.13 Å². The monoisotopic (exact) mass is 384 g/mol. The van der Waals surface area contributed by atoms with Crippen molar-refractivity contribution in [2.45, 2.75) is 13.3 Å². The summed E-state index contributed by atoms with van der Waals surface area (Å²) < 4.78 is 31.1. The Bertz CT molecular complexity index is 761. The molecule has 0 spiro atoms. The Morgan fingerprint density at radius 2 is 2.00 bits per heavy atom. The fourth-order valence-corrected chi connectivity index (χ4v) is 2.90. The van der Waals surface area contributed by atoms with Crippen LogP contribution >= 0.6 is 11.3 Å². The summed E-state index contributed by atoms with van der Waals surface area (Å²) in [4.78, 5) is 6.16. The van der Waals surface area contributed by atoms with Gasteiger partial charge in [-0.05, 0) is 37.6 Å². The van der Waals surface area contributed by atoms with Crippen molar-refractivity contribution in [1.29, 1.82) is 0 Å². The van der Waals surface area contributed by atoms with E-state index in [0.717, 1.165) is 25.0 Å². The van der Waals surface area contributed by atoms with E-state index in [1.165, 1.54) is 11.3 Å². The molecule has 0 atom stereocenters. The van der Waals surface area contributed by atoms with Crippen LogP contribution in [0.1, 0.15) is 13.3 Å². The molecule has 0 N–H and O–H groups in total. The van der Waals surface area contributed by atoms with Gasteiger partial charge < -0.3 is 4.90 Å².